The van der Waals surface area contributed by atoms with Gasteiger partial charge in [0, 0.05) is 4.47 Å². The third-order valence-electron chi connectivity index (χ3n) is 2.76. The molecule has 0 radical (unpaired) electrons. The normalized spacial score (nSPS) is 11.1. The molecule has 0 unspecified atom stereocenters. The molecule has 0 aliphatic rings. The number of carbonyl (C=O) groups is 1. The third-order valence-corrected chi connectivity index (χ3v) is 4.65. The van der Waals surface area contributed by atoms with Crippen molar-refractivity contribution in [2.45, 2.75) is 11.5 Å². The molecule has 0 spiro atoms. The summed E-state index contributed by atoms with van der Waals surface area (Å²) in [4.78, 5) is 11.7. The van der Waals surface area contributed by atoms with E-state index in [2.05, 4.69) is 20.7 Å². The number of hydrogen-bond donors (Lipinski definition) is 1. The lowest BCUT2D eigenvalue weighted by molar-refractivity contribution is -0.143. The summed E-state index contributed by atoms with van der Waals surface area (Å²) in [5.41, 5.74) is 0.839. The number of benzene rings is 2. The zero-order valence-corrected chi connectivity index (χ0v) is 13.9. The van der Waals surface area contributed by atoms with Crippen LogP contribution >= 0.6 is 15.9 Å². The highest BCUT2D eigenvalue weighted by molar-refractivity contribution is 9.10. The predicted molar refractivity (Wildman–Crippen MR) is 85.6 cm³/mol. The molecule has 2 rings (SSSR count). The smallest absolute Gasteiger partial charge is 0.321 e. The Morgan fingerprint density at radius 3 is 2.50 bits per heavy atom. The molecule has 0 saturated heterocycles. The second-order valence-corrected chi connectivity index (χ2v) is 7.11. The summed E-state index contributed by atoms with van der Waals surface area (Å²) in [5.74, 6) is -0.637. The van der Waals surface area contributed by atoms with E-state index in [1.54, 1.807) is 12.1 Å². The maximum Gasteiger partial charge on any atom is 0.321 e. The minimum Gasteiger partial charge on any atom is -0.460 e. The van der Waals surface area contributed by atoms with E-state index in [1.807, 2.05) is 30.3 Å². The number of esters is 1. The summed E-state index contributed by atoms with van der Waals surface area (Å²) in [6.07, 6.45) is 0. The molecule has 0 heterocycles. The largest absolute Gasteiger partial charge is 0.460 e. The molecule has 5 nitrogen and oxygen atoms in total. The van der Waals surface area contributed by atoms with Crippen molar-refractivity contribution in [3.05, 3.63) is 64.6 Å². The Morgan fingerprint density at radius 1 is 1.09 bits per heavy atom. The highest BCUT2D eigenvalue weighted by Gasteiger charge is 2.16. The number of sulfonamides is 1. The number of nitrogens with one attached hydrogen (secondary N) is 1. The lowest BCUT2D eigenvalue weighted by Gasteiger charge is -2.08. The van der Waals surface area contributed by atoms with Gasteiger partial charge in [-0.25, -0.2) is 8.42 Å². The summed E-state index contributed by atoms with van der Waals surface area (Å²) in [6.45, 7) is -0.306. The molecule has 0 amide bonds. The number of ether oxygens (including phenoxy) is 1. The average molecular weight is 384 g/mol. The van der Waals surface area contributed by atoms with Gasteiger partial charge in [-0.1, -0.05) is 52.3 Å². The summed E-state index contributed by atoms with van der Waals surface area (Å²) >= 11 is 3.20. The molecule has 0 atom stereocenters. The summed E-state index contributed by atoms with van der Waals surface area (Å²) in [7, 11) is -3.74. The second kappa shape index (κ2) is 7.53. The van der Waals surface area contributed by atoms with Crippen molar-refractivity contribution in [1.29, 1.82) is 0 Å². The Bertz CT molecular complexity index is 747. The average Bonchev–Trinajstić information content (AvgIpc) is 2.52. The molecule has 116 valence electrons. The van der Waals surface area contributed by atoms with Gasteiger partial charge in [-0.2, -0.15) is 4.72 Å². The Labute approximate surface area is 137 Å². The Hall–Kier alpha value is -1.70. The first-order valence-corrected chi connectivity index (χ1v) is 8.70. The van der Waals surface area contributed by atoms with Crippen LogP contribution in [0.15, 0.2) is 64.0 Å². The van der Waals surface area contributed by atoms with Gasteiger partial charge in [-0.15, -0.1) is 0 Å². The van der Waals surface area contributed by atoms with Gasteiger partial charge in [0.05, 0.1) is 4.90 Å². The Kier molecular flexibility index (Phi) is 5.70. The lowest BCUT2D eigenvalue weighted by atomic mass is 10.2. The first-order chi connectivity index (χ1) is 10.5. The first-order valence-electron chi connectivity index (χ1n) is 6.42. The fourth-order valence-corrected chi connectivity index (χ4v) is 3.23. The maximum absolute atomic E-state index is 12.0. The van der Waals surface area contributed by atoms with Crippen molar-refractivity contribution in [1.82, 2.24) is 4.72 Å². The van der Waals surface area contributed by atoms with Crippen LogP contribution in [-0.4, -0.2) is 20.9 Å². The second-order valence-electron chi connectivity index (χ2n) is 4.43. The monoisotopic (exact) mass is 383 g/mol. The highest BCUT2D eigenvalue weighted by Crippen LogP contribution is 2.15. The summed E-state index contributed by atoms with van der Waals surface area (Å²) in [6, 6.07) is 15.4. The van der Waals surface area contributed by atoms with Crippen molar-refractivity contribution in [3.8, 4) is 0 Å². The van der Waals surface area contributed by atoms with Gasteiger partial charge >= 0.3 is 5.97 Å². The van der Waals surface area contributed by atoms with Gasteiger partial charge in [0.1, 0.15) is 13.2 Å². The van der Waals surface area contributed by atoms with Crippen LogP contribution in [0.5, 0.6) is 0 Å². The van der Waals surface area contributed by atoms with Gasteiger partial charge in [0.25, 0.3) is 0 Å². The Morgan fingerprint density at radius 2 is 1.82 bits per heavy atom. The SMILES string of the molecule is O=C(CNS(=O)(=O)c1cccc(Br)c1)OCc1ccccc1. The summed E-state index contributed by atoms with van der Waals surface area (Å²) in [5, 5.41) is 0. The fourth-order valence-electron chi connectivity index (χ4n) is 1.66. The zero-order chi connectivity index (χ0) is 16.0. The van der Waals surface area contributed by atoms with Gasteiger partial charge in [-0.3, -0.25) is 4.79 Å². The molecule has 0 aliphatic carbocycles. The van der Waals surface area contributed by atoms with Crippen LogP contribution < -0.4 is 4.72 Å². The van der Waals surface area contributed by atoms with Crippen LogP contribution in [0.1, 0.15) is 5.56 Å². The standard InChI is InChI=1S/C15H14BrNO4S/c16-13-7-4-8-14(9-13)22(19,20)17-10-15(18)21-11-12-5-2-1-3-6-12/h1-9,17H,10-11H2. The third kappa shape index (κ3) is 4.94. The highest BCUT2D eigenvalue weighted by atomic mass is 79.9. The fraction of sp³-hybridized carbons (Fsp3) is 0.133. The van der Waals surface area contributed by atoms with E-state index in [-0.39, 0.29) is 11.5 Å². The molecular formula is C15H14BrNO4S. The first kappa shape index (κ1) is 16.7. The molecule has 0 fully saturated rings. The van der Waals surface area contributed by atoms with Gasteiger partial charge in [0.15, 0.2) is 0 Å². The molecule has 2 aromatic carbocycles. The summed E-state index contributed by atoms with van der Waals surface area (Å²) < 4.78 is 31.9. The van der Waals surface area contributed by atoms with Crippen molar-refractivity contribution in [3.63, 3.8) is 0 Å². The molecule has 22 heavy (non-hydrogen) atoms. The molecule has 0 aromatic heterocycles. The van der Waals surface area contributed by atoms with E-state index in [0.717, 1.165) is 5.56 Å². The number of hydrogen-bond acceptors (Lipinski definition) is 4. The van der Waals surface area contributed by atoms with E-state index in [1.165, 1.54) is 12.1 Å². The van der Waals surface area contributed by atoms with E-state index in [4.69, 9.17) is 4.74 Å². The van der Waals surface area contributed by atoms with Crippen LogP contribution in [0.2, 0.25) is 0 Å². The minimum atomic E-state index is -3.74. The van der Waals surface area contributed by atoms with Crippen LogP contribution in [0.3, 0.4) is 0 Å². The van der Waals surface area contributed by atoms with Crippen molar-refractivity contribution >= 4 is 31.9 Å². The number of rotatable bonds is 6. The van der Waals surface area contributed by atoms with Crippen LogP contribution in [0.25, 0.3) is 0 Å². The molecule has 0 aliphatic heterocycles. The number of carbonyl (C=O) groups excluding carboxylic acids is 1. The zero-order valence-electron chi connectivity index (χ0n) is 11.5. The van der Waals surface area contributed by atoms with Gasteiger partial charge in [-0.05, 0) is 23.8 Å². The molecule has 0 bridgehead atoms. The van der Waals surface area contributed by atoms with Crippen molar-refractivity contribution in [2.24, 2.45) is 0 Å². The van der Waals surface area contributed by atoms with Crippen molar-refractivity contribution in [2.75, 3.05) is 6.54 Å². The maximum atomic E-state index is 12.0. The van der Waals surface area contributed by atoms with Crippen LogP contribution in [-0.2, 0) is 26.2 Å². The van der Waals surface area contributed by atoms with E-state index >= 15 is 0 Å². The lowest BCUT2D eigenvalue weighted by Crippen LogP contribution is -2.30. The quantitative estimate of drug-likeness (QED) is 0.777. The van der Waals surface area contributed by atoms with Crippen molar-refractivity contribution < 1.29 is 17.9 Å². The van der Waals surface area contributed by atoms with E-state index in [9.17, 15) is 13.2 Å². The molecule has 2 aromatic rings. The predicted octanol–water partition coefficient (Wildman–Crippen LogP) is 2.47. The number of halogens is 1. The van der Waals surface area contributed by atoms with Gasteiger partial charge in [0.2, 0.25) is 10.0 Å². The molecule has 1 N–H and O–H groups in total. The minimum absolute atomic E-state index is 0.0812. The Balaban J connectivity index is 1.88. The molecule has 7 heteroatoms. The molecular weight excluding hydrogens is 370 g/mol. The van der Waals surface area contributed by atoms with Crippen LogP contribution in [0.4, 0.5) is 0 Å². The van der Waals surface area contributed by atoms with E-state index < -0.39 is 22.5 Å². The van der Waals surface area contributed by atoms with E-state index in [0.29, 0.717) is 4.47 Å². The topological polar surface area (TPSA) is 72.5 Å². The van der Waals surface area contributed by atoms with Gasteiger partial charge < -0.3 is 4.74 Å². The van der Waals surface area contributed by atoms with Crippen LogP contribution in [0, 0.1) is 0 Å². The molecule has 0 saturated carbocycles.